The number of benzene rings is 1. The maximum atomic E-state index is 14.8. The number of ether oxygens (including phenoxy) is 1. The predicted molar refractivity (Wildman–Crippen MR) is 116 cm³/mol. The average Bonchev–Trinajstić information content (AvgIpc) is 3.06. The van der Waals surface area contributed by atoms with Gasteiger partial charge in [-0.25, -0.2) is 9.18 Å². The van der Waals surface area contributed by atoms with E-state index in [9.17, 15) is 14.0 Å². The molecule has 3 fully saturated rings. The first-order valence-corrected chi connectivity index (χ1v) is 10.9. The molecule has 1 atom stereocenters. The molecule has 0 radical (unpaired) electrons. The molecular formula is C21H27FN4O3S. The normalized spacial score (nSPS) is 22.0. The summed E-state index contributed by atoms with van der Waals surface area (Å²) in [4.78, 5) is 29.8. The molecule has 2 saturated heterocycles. The number of halogens is 1. The van der Waals surface area contributed by atoms with Crippen LogP contribution in [0.2, 0.25) is 0 Å². The molecule has 1 aromatic rings. The first-order valence-electron chi connectivity index (χ1n) is 10.5. The van der Waals surface area contributed by atoms with Gasteiger partial charge >= 0.3 is 6.09 Å². The van der Waals surface area contributed by atoms with Crippen molar-refractivity contribution >= 4 is 40.6 Å². The second-order valence-electron chi connectivity index (χ2n) is 8.12. The topological polar surface area (TPSA) is 65.1 Å². The van der Waals surface area contributed by atoms with Gasteiger partial charge in [0, 0.05) is 39.0 Å². The van der Waals surface area contributed by atoms with E-state index in [2.05, 4.69) is 5.32 Å². The van der Waals surface area contributed by atoms with E-state index in [0.717, 1.165) is 17.8 Å². The fourth-order valence-corrected chi connectivity index (χ4v) is 4.37. The molecule has 0 bridgehead atoms. The highest BCUT2D eigenvalue weighted by molar-refractivity contribution is 7.80. The van der Waals surface area contributed by atoms with Gasteiger partial charge in [-0.05, 0) is 31.0 Å². The molecule has 162 valence electrons. The number of hydrogen-bond donors (Lipinski definition) is 1. The Kier molecular flexibility index (Phi) is 6.08. The zero-order chi connectivity index (χ0) is 21.3. The summed E-state index contributed by atoms with van der Waals surface area (Å²) < 4.78 is 20.3. The molecular weight excluding hydrogens is 407 g/mol. The van der Waals surface area contributed by atoms with Gasteiger partial charge in [0.05, 0.1) is 29.5 Å². The highest BCUT2D eigenvalue weighted by atomic mass is 32.1. The number of amides is 2. The van der Waals surface area contributed by atoms with Gasteiger partial charge in [-0.3, -0.25) is 9.69 Å². The first kappa shape index (κ1) is 20.8. The van der Waals surface area contributed by atoms with Crippen molar-refractivity contribution in [3.05, 3.63) is 24.0 Å². The fourth-order valence-electron chi connectivity index (χ4n) is 4.05. The van der Waals surface area contributed by atoms with Crippen LogP contribution < -0.4 is 15.1 Å². The van der Waals surface area contributed by atoms with Crippen molar-refractivity contribution in [1.82, 2.24) is 10.2 Å². The lowest BCUT2D eigenvalue weighted by molar-refractivity contribution is -0.129. The molecule has 4 rings (SSSR count). The predicted octanol–water partition coefficient (Wildman–Crippen LogP) is 2.54. The number of nitrogens with one attached hydrogen (secondary N) is 1. The largest absolute Gasteiger partial charge is 0.442 e. The monoisotopic (exact) mass is 434 g/mol. The number of carbonyl (C=O) groups excluding carboxylic acids is 2. The third kappa shape index (κ3) is 4.35. The Labute approximate surface area is 181 Å². The van der Waals surface area contributed by atoms with E-state index in [4.69, 9.17) is 17.0 Å². The molecule has 1 saturated carbocycles. The van der Waals surface area contributed by atoms with Crippen LogP contribution in [0.1, 0.15) is 26.2 Å². The lowest BCUT2D eigenvalue weighted by Gasteiger charge is -2.35. The minimum atomic E-state index is -0.474. The van der Waals surface area contributed by atoms with Crippen LogP contribution in [0.5, 0.6) is 0 Å². The van der Waals surface area contributed by atoms with Crippen LogP contribution in [0, 0.1) is 11.7 Å². The summed E-state index contributed by atoms with van der Waals surface area (Å²) in [5, 5.41) is 3.21. The van der Waals surface area contributed by atoms with Gasteiger partial charge in [-0.2, -0.15) is 0 Å². The zero-order valence-corrected chi connectivity index (χ0v) is 17.9. The fraction of sp³-hybridized carbons (Fsp3) is 0.571. The minimum absolute atomic E-state index is 0.0375. The highest BCUT2D eigenvalue weighted by Gasteiger charge is 2.33. The molecule has 7 nitrogen and oxygen atoms in total. The van der Waals surface area contributed by atoms with E-state index in [-0.39, 0.29) is 17.8 Å². The molecule has 30 heavy (non-hydrogen) atoms. The van der Waals surface area contributed by atoms with Crippen molar-refractivity contribution in [2.45, 2.75) is 32.3 Å². The summed E-state index contributed by atoms with van der Waals surface area (Å²) in [7, 11) is 0. The summed E-state index contributed by atoms with van der Waals surface area (Å²) in [6.07, 6.45) is 2.67. The maximum absolute atomic E-state index is 14.8. The number of piperazine rings is 1. The molecule has 0 aromatic heterocycles. The minimum Gasteiger partial charge on any atom is -0.442 e. The molecule has 2 heterocycles. The molecule has 0 spiro atoms. The molecule has 9 heteroatoms. The molecule has 1 aromatic carbocycles. The number of rotatable bonds is 5. The van der Waals surface area contributed by atoms with Gasteiger partial charge in [-0.1, -0.05) is 18.6 Å². The number of thiocarbonyl (C=S) groups is 1. The summed E-state index contributed by atoms with van der Waals surface area (Å²) in [5.74, 6) is 0.104. The van der Waals surface area contributed by atoms with Crippen molar-refractivity contribution in [2.75, 3.05) is 49.1 Å². The smallest absolute Gasteiger partial charge is 0.414 e. The third-order valence-electron chi connectivity index (χ3n) is 6.16. The molecule has 1 aliphatic carbocycles. The van der Waals surface area contributed by atoms with Gasteiger partial charge in [0.2, 0.25) is 5.91 Å². The van der Waals surface area contributed by atoms with E-state index in [1.165, 1.54) is 17.4 Å². The van der Waals surface area contributed by atoms with Crippen molar-refractivity contribution in [3.63, 3.8) is 0 Å². The van der Waals surface area contributed by atoms with Crippen LogP contribution in [0.4, 0.5) is 20.6 Å². The molecule has 2 aliphatic heterocycles. The molecule has 1 N–H and O–H groups in total. The highest BCUT2D eigenvalue weighted by Crippen LogP contribution is 2.29. The van der Waals surface area contributed by atoms with Crippen LogP contribution in [-0.4, -0.2) is 67.3 Å². The summed E-state index contributed by atoms with van der Waals surface area (Å²) in [5.41, 5.74) is 0.964. The maximum Gasteiger partial charge on any atom is 0.414 e. The Bertz CT molecular complexity index is 840. The van der Waals surface area contributed by atoms with E-state index < -0.39 is 6.09 Å². The van der Waals surface area contributed by atoms with Gasteiger partial charge in [-0.15, -0.1) is 0 Å². The van der Waals surface area contributed by atoms with Crippen LogP contribution in [0.25, 0.3) is 0 Å². The summed E-state index contributed by atoms with van der Waals surface area (Å²) >= 11 is 5.39. The summed E-state index contributed by atoms with van der Waals surface area (Å²) in [6.45, 7) is 4.68. The Morgan fingerprint density at radius 2 is 2.00 bits per heavy atom. The van der Waals surface area contributed by atoms with Crippen molar-refractivity contribution in [1.29, 1.82) is 0 Å². The SMILES string of the molecule is CC(=O)N1CCN(c2ccc(N3CC(CNC(=S)C4CCC4)OC3=O)cc2F)CC1. The number of cyclic esters (lactones) is 1. The Morgan fingerprint density at radius 1 is 1.27 bits per heavy atom. The van der Waals surface area contributed by atoms with Crippen molar-refractivity contribution in [3.8, 4) is 0 Å². The van der Waals surface area contributed by atoms with Crippen LogP contribution in [0.3, 0.4) is 0 Å². The van der Waals surface area contributed by atoms with Gasteiger partial charge in [0.15, 0.2) is 0 Å². The van der Waals surface area contributed by atoms with Gasteiger partial charge < -0.3 is 19.9 Å². The van der Waals surface area contributed by atoms with Crippen molar-refractivity contribution in [2.24, 2.45) is 5.92 Å². The van der Waals surface area contributed by atoms with Gasteiger partial charge in [0.25, 0.3) is 0 Å². The van der Waals surface area contributed by atoms with Crippen LogP contribution in [-0.2, 0) is 9.53 Å². The number of anilines is 2. The number of carbonyl (C=O) groups is 2. The lowest BCUT2D eigenvalue weighted by Crippen LogP contribution is -2.48. The Morgan fingerprint density at radius 3 is 2.60 bits per heavy atom. The third-order valence-corrected chi connectivity index (χ3v) is 6.64. The van der Waals surface area contributed by atoms with E-state index in [0.29, 0.717) is 56.6 Å². The Balaban J connectivity index is 1.35. The van der Waals surface area contributed by atoms with Crippen LogP contribution >= 0.6 is 12.2 Å². The van der Waals surface area contributed by atoms with E-state index >= 15 is 0 Å². The molecule has 3 aliphatic rings. The number of nitrogens with zero attached hydrogens (tertiary/aromatic N) is 3. The van der Waals surface area contributed by atoms with Gasteiger partial charge in [0.1, 0.15) is 11.9 Å². The summed E-state index contributed by atoms with van der Waals surface area (Å²) in [6, 6.07) is 4.81. The van der Waals surface area contributed by atoms with E-state index in [1.54, 1.807) is 24.0 Å². The lowest BCUT2D eigenvalue weighted by atomic mass is 9.85. The standard InChI is InChI=1S/C21H27FN4O3S/c1-14(27)24-7-9-25(10-8-24)19-6-5-16(11-18(19)22)26-13-17(29-21(26)28)12-23-20(30)15-3-2-4-15/h5-6,11,15,17H,2-4,7-10,12-13H2,1H3,(H,23,30). The van der Waals surface area contributed by atoms with Crippen LogP contribution in [0.15, 0.2) is 18.2 Å². The number of hydrogen-bond acceptors (Lipinski definition) is 5. The Hall–Kier alpha value is -2.42. The second kappa shape index (κ2) is 8.75. The zero-order valence-electron chi connectivity index (χ0n) is 17.1. The average molecular weight is 435 g/mol. The first-order chi connectivity index (χ1) is 14.4. The second-order valence-corrected chi connectivity index (χ2v) is 8.56. The molecule has 1 unspecified atom stereocenters. The van der Waals surface area contributed by atoms with E-state index in [1.807, 2.05) is 4.90 Å². The quantitative estimate of drug-likeness (QED) is 0.719. The van der Waals surface area contributed by atoms with Crippen molar-refractivity contribution < 1.29 is 18.7 Å². The molecule has 2 amide bonds.